The van der Waals surface area contributed by atoms with Gasteiger partial charge in [-0.1, -0.05) is 18.2 Å². The molecule has 3 nitrogen and oxygen atoms in total. The van der Waals surface area contributed by atoms with Crippen LogP contribution in [0.4, 0.5) is 0 Å². The fraction of sp³-hybridized carbons (Fsp3) is 0.545. The van der Waals surface area contributed by atoms with Gasteiger partial charge in [0.15, 0.2) is 0 Å². The van der Waals surface area contributed by atoms with Crippen LogP contribution in [-0.2, 0) is 9.53 Å². The Kier molecular flexibility index (Phi) is 2.42. The van der Waals surface area contributed by atoms with Crippen LogP contribution in [0, 0.1) is 0 Å². The number of carboxylic acids is 1. The molecule has 1 aliphatic heterocycles. The Bertz CT molecular complexity index is 304. The first-order valence-electron chi connectivity index (χ1n) is 4.93. The van der Waals surface area contributed by atoms with Crippen LogP contribution in [0.5, 0.6) is 0 Å². The summed E-state index contributed by atoms with van der Waals surface area (Å²) >= 11 is 0. The Balaban J connectivity index is 1.80. The van der Waals surface area contributed by atoms with Crippen molar-refractivity contribution in [2.45, 2.75) is 37.9 Å². The minimum absolute atomic E-state index is 0.296. The number of rotatable bonds is 4. The van der Waals surface area contributed by atoms with Crippen molar-refractivity contribution in [1.29, 1.82) is 0 Å². The lowest BCUT2D eigenvalue weighted by atomic mass is 9.95. The number of carboxylic acid groups (broad SMARTS) is 1. The molecule has 2 atom stereocenters. The van der Waals surface area contributed by atoms with E-state index >= 15 is 0 Å². The summed E-state index contributed by atoms with van der Waals surface area (Å²) in [5.41, 5.74) is 1.62. The lowest BCUT2D eigenvalue weighted by Gasteiger charge is -2.09. The molecule has 0 amide bonds. The highest BCUT2D eigenvalue weighted by Gasteiger charge is 2.39. The van der Waals surface area contributed by atoms with Gasteiger partial charge in [-0.05, 0) is 25.7 Å². The molecule has 1 aliphatic carbocycles. The Morgan fingerprint density at radius 2 is 2.50 bits per heavy atom. The number of hydrogen-bond donors (Lipinski definition) is 1. The number of aliphatic carboxylic acids is 1. The topological polar surface area (TPSA) is 49.8 Å². The van der Waals surface area contributed by atoms with Crippen molar-refractivity contribution >= 4 is 5.97 Å². The van der Waals surface area contributed by atoms with E-state index in [1.807, 2.05) is 0 Å². The van der Waals surface area contributed by atoms with Crippen LogP contribution in [0.2, 0.25) is 0 Å². The zero-order valence-electron chi connectivity index (χ0n) is 8.03. The third-order valence-electron chi connectivity index (χ3n) is 2.82. The van der Waals surface area contributed by atoms with E-state index in [2.05, 4.69) is 12.7 Å². The fourth-order valence-corrected chi connectivity index (χ4v) is 1.81. The molecule has 1 N–H and O–H groups in total. The number of ether oxygens (including phenoxy) is 1. The first kappa shape index (κ1) is 9.46. The van der Waals surface area contributed by atoms with Crippen molar-refractivity contribution in [3.63, 3.8) is 0 Å². The molecule has 1 saturated heterocycles. The van der Waals surface area contributed by atoms with Crippen molar-refractivity contribution in [2.75, 3.05) is 0 Å². The molecule has 2 unspecified atom stereocenters. The van der Waals surface area contributed by atoms with E-state index in [-0.39, 0.29) is 0 Å². The molecular weight excluding hydrogens is 180 g/mol. The van der Waals surface area contributed by atoms with E-state index in [0.29, 0.717) is 24.2 Å². The number of epoxide rings is 1. The van der Waals surface area contributed by atoms with Gasteiger partial charge >= 0.3 is 5.97 Å². The molecule has 0 aromatic carbocycles. The van der Waals surface area contributed by atoms with Gasteiger partial charge in [0.2, 0.25) is 0 Å². The smallest absolute Gasteiger partial charge is 0.330 e. The number of fused-ring (bicyclic) bond motifs is 1. The van der Waals surface area contributed by atoms with Gasteiger partial charge < -0.3 is 9.84 Å². The summed E-state index contributed by atoms with van der Waals surface area (Å²) in [6, 6.07) is 0. The average Bonchev–Trinajstić information content (AvgIpc) is 2.91. The second kappa shape index (κ2) is 3.58. The minimum atomic E-state index is -0.887. The predicted octanol–water partition coefficient (Wildman–Crippen LogP) is 1.90. The summed E-state index contributed by atoms with van der Waals surface area (Å²) in [4.78, 5) is 10.5. The van der Waals surface area contributed by atoms with Gasteiger partial charge in [0.05, 0.1) is 6.10 Å². The summed E-state index contributed by atoms with van der Waals surface area (Å²) < 4.78 is 5.35. The zero-order valence-corrected chi connectivity index (χ0v) is 8.03. The third kappa shape index (κ3) is 2.04. The van der Waals surface area contributed by atoms with Crippen molar-refractivity contribution in [2.24, 2.45) is 0 Å². The van der Waals surface area contributed by atoms with Crippen molar-refractivity contribution in [3.8, 4) is 0 Å². The van der Waals surface area contributed by atoms with E-state index in [9.17, 15) is 4.79 Å². The van der Waals surface area contributed by atoms with Gasteiger partial charge in [-0.2, -0.15) is 0 Å². The van der Waals surface area contributed by atoms with Crippen LogP contribution in [0.1, 0.15) is 25.7 Å². The predicted molar refractivity (Wildman–Crippen MR) is 52.0 cm³/mol. The molecule has 0 spiro atoms. The fourth-order valence-electron chi connectivity index (χ4n) is 1.81. The molecule has 3 heteroatoms. The maximum Gasteiger partial charge on any atom is 0.330 e. The van der Waals surface area contributed by atoms with Crippen LogP contribution < -0.4 is 0 Å². The lowest BCUT2D eigenvalue weighted by Crippen LogP contribution is -2.03. The SMILES string of the molecule is C=C(CCC1=CC2OC2CC1)C(=O)O. The molecule has 0 saturated carbocycles. The molecule has 2 aliphatic rings. The quantitative estimate of drug-likeness (QED) is 0.422. The van der Waals surface area contributed by atoms with Crippen LogP contribution in [0.15, 0.2) is 23.8 Å². The average molecular weight is 194 g/mol. The maximum absolute atomic E-state index is 10.5. The van der Waals surface area contributed by atoms with E-state index in [0.717, 1.165) is 19.3 Å². The highest BCUT2D eigenvalue weighted by molar-refractivity contribution is 5.85. The summed E-state index contributed by atoms with van der Waals surface area (Å²) in [7, 11) is 0. The molecule has 1 fully saturated rings. The Morgan fingerprint density at radius 3 is 3.14 bits per heavy atom. The van der Waals surface area contributed by atoms with Gasteiger partial charge in [0, 0.05) is 5.57 Å². The number of hydrogen-bond acceptors (Lipinski definition) is 2. The molecule has 1 heterocycles. The van der Waals surface area contributed by atoms with Gasteiger partial charge in [-0.25, -0.2) is 4.79 Å². The van der Waals surface area contributed by atoms with E-state index < -0.39 is 5.97 Å². The first-order valence-corrected chi connectivity index (χ1v) is 4.93. The first-order chi connectivity index (χ1) is 6.66. The van der Waals surface area contributed by atoms with Gasteiger partial charge in [-0.15, -0.1) is 0 Å². The number of allylic oxidation sites excluding steroid dienone is 1. The van der Waals surface area contributed by atoms with Crippen LogP contribution in [-0.4, -0.2) is 23.3 Å². The van der Waals surface area contributed by atoms with Gasteiger partial charge in [-0.3, -0.25) is 0 Å². The second-order valence-electron chi connectivity index (χ2n) is 3.91. The molecule has 2 rings (SSSR count). The summed E-state index contributed by atoms with van der Waals surface area (Å²) in [6.45, 7) is 3.51. The maximum atomic E-state index is 10.5. The third-order valence-corrected chi connectivity index (χ3v) is 2.82. The summed E-state index contributed by atoms with van der Waals surface area (Å²) in [5, 5.41) is 8.63. The van der Waals surface area contributed by atoms with Gasteiger partial charge in [0.25, 0.3) is 0 Å². The molecule has 76 valence electrons. The van der Waals surface area contributed by atoms with Gasteiger partial charge in [0.1, 0.15) is 6.10 Å². The molecule has 0 radical (unpaired) electrons. The van der Waals surface area contributed by atoms with Crippen LogP contribution >= 0.6 is 0 Å². The summed E-state index contributed by atoms with van der Waals surface area (Å²) in [6.07, 6.45) is 6.45. The van der Waals surface area contributed by atoms with Crippen LogP contribution in [0.25, 0.3) is 0 Å². The molecular formula is C11H14O3. The summed E-state index contributed by atoms with van der Waals surface area (Å²) in [5.74, 6) is -0.887. The largest absolute Gasteiger partial charge is 0.478 e. The van der Waals surface area contributed by atoms with E-state index in [1.165, 1.54) is 5.57 Å². The van der Waals surface area contributed by atoms with E-state index in [4.69, 9.17) is 9.84 Å². The normalized spacial score (nSPS) is 29.0. The lowest BCUT2D eigenvalue weighted by molar-refractivity contribution is -0.132. The second-order valence-corrected chi connectivity index (χ2v) is 3.91. The zero-order chi connectivity index (χ0) is 10.1. The highest BCUT2D eigenvalue weighted by atomic mass is 16.6. The molecule has 0 aromatic heterocycles. The van der Waals surface area contributed by atoms with Crippen molar-refractivity contribution in [3.05, 3.63) is 23.8 Å². The standard InChI is InChI=1S/C11H14O3/c1-7(11(12)13)2-3-8-4-5-9-10(6-8)14-9/h6,9-10H,1-5H2,(H,12,13). The Labute approximate surface area is 83.1 Å². The Hall–Kier alpha value is -1.09. The van der Waals surface area contributed by atoms with E-state index in [1.54, 1.807) is 0 Å². The minimum Gasteiger partial charge on any atom is -0.478 e. The molecule has 0 aromatic rings. The molecule has 0 bridgehead atoms. The van der Waals surface area contributed by atoms with Crippen molar-refractivity contribution in [1.82, 2.24) is 0 Å². The highest BCUT2D eigenvalue weighted by Crippen LogP contribution is 2.36. The number of carbonyl (C=O) groups is 1. The van der Waals surface area contributed by atoms with Crippen LogP contribution in [0.3, 0.4) is 0 Å². The Morgan fingerprint density at radius 1 is 1.71 bits per heavy atom. The molecule has 14 heavy (non-hydrogen) atoms. The van der Waals surface area contributed by atoms with Crippen molar-refractivity contribution < 1.29 is 14.6 Å². The monoisotopic (exact) mass is 194 g/mol.